The molecule has 3 aromatic rings. The number of carboxylic acids is 1. The van der Waals surface area contributed by atoms with Crippen LogP contribution in [0.15, 0.2) is 42.9 Å². The summed E-state index contributed by atoms with van der Waals surface area (Å²) in [6, 6.07) is 8.67. The zero-order chi connectivity index (χ0) is 22.2. The van der Waals surface area contributed by atoms with Crippen LogP contribution in [0.3, 0.4) is 0 Å². The van der Waals surface area contributed by atoms with Gasteiger partial charge in [0.15, 0.2) is 5.69 Å². The van der Waals surface area contributed by atoms with E-state index < -0.39 is 17.5 Å². The molecule has 1 atom stereocenters. The SMILES string of the molecule is CN1CCC(O)(C#Cc2cccc(-c3ncc(-c4cc(C(=O)O)ncn4)n3C)c2)C1=O. The molecule has 0 radical (unpaired) electrons. The molecular weight excluding hydrogens is 398 g/mol. The number of imidazole rings is 1. The lowest BCUT2D eigenvalue weighted by Crippen LogP contribution is -2.37. The first kappa shape index (κ1) is 20.3. The summed E-state index contributed by atoms with van der Waals surface area (Å²) in [6.45, 7) is 0.465. The van der Waals surface area contributed by atoms with E-state index in [1.165, 1.54) is 17.3 Å². The molecule has 1 amide bonds. The van der Waals surface area contributed by atoms with Crippen molar-refractivity contribution >= 4 is 11.9 Å². The summed E-state index contributed by atoms with van der Waals surface area (Å²) in [4.78, 5) is 37.1. The normalized spacial score (nSPS) is 18.0. The molecule has 0 saturated carbocycles. The van der Waals surface area contributed by atoms with Crippen LogP contribution in [0.4, 0.5) is 0 Å². The monoisotopic (exact) mass is 417 g/mol. The van der Waals surface area contributed by atoms with Gasteiger partial charge in [-0.3, -0.25) is 4.79 Å². The van der Waals surface area contributed by atoms with Crippen molar-refractivity contribution in [2.75, 3.05) is 13.6 Å². The minimum atomic E-state index is -1.66. The van der Waals surface area contributed by atoms with E-state index in [1.807, 2.05) is 18.2 Å². The van der Waals surface area contributed by atoms with Gasteiger partial charge in [-0.05, 0) is 18.2 Å². The van der Waals surface area contributed by atoms with Gasteiger partial charge in [-0.1, -0.05) is 24.0 Å². The molecule has 2 N–H and O–H groups in total. The molecule has 156 valence electrons. The van der Waals surface area contributed by atoms with Gasteiger partial charge in [0.25, 0.3) is 5.91 Å². The van der Waals surface area contributed by atoms with E-state index in [0.717, 1.165) is 5.56 Å². The van der Waals surface area contributed by atoms with E-state index in [9.17, 15) is 14.7 Å². The zero-order valence-electron chi connectivity index (χ0n) is 16.9. The van der Waals surface area contributed by atoms with Crippen molar-refractivity contribution in [1.29, 1.82) is 0 Å². The Hall–Kier alpha value is -4.03. The number of carbonyl (C=O) groups excluding carboxylic acids is 1. The number of rotatable bonds is 3. The summed E-state index contributed by atoms with van der Waals surface area (Å²) >= 11 is 0. The fraction of sp³-hybridized carbons (Fsp3) is 0.227. The van der Waals surface area contributed by atoms with Crippen molar-refractivity contribution in [1.82, 2.24) is 24.4 Å². The first-order valence-electron chi connectivity index (χ1n) is 9.47. The van der Waals surface area contributed by atoms with Crippen molar-refractivity contribution in [3.63, 3.8) is 0 Å². The van der Waals surface area contributed by atoms with Gasteiger partial charge in [-0.15, -0.1) is 0 Å². The highest BCUT2D eigenvalue weighted by Crippen LogP contribution is 2.25. The Balaban J connectivity index is 1.66. The number of hydrogen-bond acceptors (Lipinski definition) is 6. The molecule has 0 bridgehead atoms. The van der Waals surface area contributed by atoms with Gasteiger partial charge in [0.1, 0.15) is 12.2 Å². The van der Waals surface area contributed by atoms with Crippen LogP contribution in [0, 0.1) is 11.8 Å². The average molecular weight is 417 g/mol. The number of carboxylic acid groups (broad SMARTS) is 1. The molecule has 9 heteroatoms. The molecule has 1 unspecified atom stereocenters. The first-order chi connectivity index (χ1) is 14.8. The predicted octanol–water partition coefficient (Wildman–Crippen LogP) is 1.19. The second kappa shape index (κ2) is 7.66. The van der Waals surface area contributed by atoms with Crippen molar-refractivity contribution in [2.45, 2.75) is 12.0 Å². The number of hydrogen-bond donors (Lipinski definition) is 2. The molecule has 9 nitrogen and oxygen atoms in total. The predicted molar refractivity (Wildman–Crippen MR) is 111 cm³/mol. The maximum Gasteiger partial charge on any atom is 0.354 e. The lowest BCUT2D eigenvalue weighted by atomic mass is 10.0. The molecular formula is C22H19N5O4. The molecule has 2 aromatic heterocycles. The number of likely N-dealkylation sites (tertiary alicyclic amines) is 1. The largest absolute Gasteiger partial charge is 0.477 e. The maximum atomic E-state index is 12.1. The second-order valence-electron chi connectivity index (χ2n) is 7.29. The second-order valence-corrected chi connectivity index (χ2v) is 7.29. The summed E-state index contributed by atoms with van der Waals surface area (Å²) in [5.41, 5.74) is 0.717. The Kier molecular flexibility index (Phi) is 5.01. The van der Waals surface area contributed by atoms with E-state index >= 15 is 0 Å². The van der Waals surface area contributed by atoms with E-state index in [4.69, 9.17) is 5.11 Å². The third-order valence-corrected chi connectivity index (χ3v) is 5.18. The molecule has 1 aromatic carbocycles. The van der Waals surface area contributed by atoms with Gasteiger partial charge in [-0.2, -0.15) is 0 Å². The third kappa shape index (κ3) is 3.76. The summed E-state index contributed by atoms with van der Waals surface area (Å²) in [6.07, 6.45) is 3.08. The van der Waals surface area contributed by atoms with Crippen LogP contribution in [-0.2, 0) is 11.8 Å². The quantitative estimate of drug-likeness (QED) is 0.614. The van der Waals surface area contributed by atoms with Crippen molar-refractivity contribution in [3.05, 3.63) is 54.1 Å². The van der Waals surface area contributed by atoms with Gasteiger partial charge in [-0.25, -0.2) is 19.7 Å². The maximum absolute atomic E-state index is 12.1. The highest BCUT2D eigenvalue weighted by atomic mass is 16.4. The first-order valence-corrected chi connectivity index (χ1v) is 9.47. The molecule has 0 spiro atoms. The number of aromatic nitrogens is 4. The number of likely N-dealkylation sites (N-methyl/N-ethyl adjacent to an activating group) is 1. The molecule has 1 aliphatic rings. The Labute approximate surface area is 178 Å². The molecule has 1 fully saturated rings. The van der Waals surface area contributed by atoms with Gasteiger partial charge in [0, 0.05) is 38.2 Å². The molecule has 1 saturated heterocycles. The van der Waals surface area contributed by atoms with Crippen LogP contribution in [0.1, 0.15) is 22.5 Å². The fourth-order valence-electron chi connectivity index (χ4n) is 3.41. The summed E-state index contributed by atoms with van der Waals surface area (Å²) in [5, 5.41) is 19.6. The van der Waals surface area contributed by atoms with Gasteiger partial charge in [0.05, 0.1) is 17.6 Å². The Morgan fingerprint density at radius 3 is 2.71 bits per heavy atom. The van der Waals surface area contributed by atoms with Crippen LogP contribution in [0.25, 0.3) is 22.8 Å². The van der Waals surface area contributed by atoms with E-state index in [1.54, 1.807) is 30.9 Å². The number of benzene rings is 1. The van der Waals surface area contributed by atoms with Crippen molar-refractivity contribution < 1.29 is 19.8 Å². The fourth-order valence-corrected chi connectivity index (χ4v) is 3.41. The lowest BCUT2D eigenvalue weighted by Gasteiger charge is -2.13. The summed E-state index contributed by atoms with van der Waals surface area (Å²) in [7, 11) is 3.44. The Bertz CT molecular complexity index is 1260. The van der Waals surface area contributed by atoms with E-state index in [2.05, 4.69) is 26.8 Å². The Morgan fingerprint density at radius 2 is 2.00 bits per heavy atom. The minimum absolute atomic E-state index is 0.102. The van der Waals surface area contributed by atoms with Crippen LogP contribution in [0.5, 0.6) is 0 Å². The molecule has 3 heterocycles. The van der Waals surface area contributed by atoms with Crippen LogP contribution in [-0.4, -0.2) is 65.7 Å². The minimum Gasteiger partial charge on any atom is -0.477 e. The van der Waals surface area contributed by atoms with Gasteiger partial charge < -0.3 is 19.7 Å². The van der Waals surface area contributed by atoms with Crippen LogP contribution < -0.4 is 0 Å². The number of carbonyl (C=O) groups is 2. The highest BCUT2D eigenvalue weighted by molar-refractivity contribution is 5.90. The highest BCUT2D eigenvalue weighted by Gasteiger charge is 2.42. The van der Waals surface area contributed by atoms with Crippen LogP contribution >= 0.6 is 0 Å². The molecule has 0 aliphatic carbocycles. The van der Waals surface area contributed by atoms with E-state index in [-0.39, 0.29) is 12.1 Å². The Morgan fingerprint density at radius 1 is 1.19 bits per heavy atom. The van der Waals surface area contributed by atoms with Crippen molar-refractivity contribution in [3.8, 4) is 34.6 Å². The third-order valence-electron chi connectivity index (χ3n) is 5.18. The molecule has 31 heavy (non-hydrogen) atoms. The average Bonchev–Trinajstić information content (AvgIpc) is 3.28. The number of amides is 1. The molecule has 4 rings (SSSR count). The lowest BCUT2D eigenvalue weighted by molar-refractivity contribution is -0.137. The van der Waals surface area contributed by atoms with E-state index in [0.29, 0.717) is 29.3 Å². The van der Waals surface area contributed by atoms with Crippen molar-refractivity contribution in [2.24, 2.45) is 7.05 Å². The van der Waals surface area contributed by atoms with Gasteiger partial charge in [0.2, 0.25) is 5.60 Å². The van der Waals surface area contributed by atoms with Gasteiger partial charge >= 0.3 is 5.97 Å². The number of aliphatic hydroxyl groups is 1. The standard InChI is InChI=1S/C22H19N5O4/c1-26-9-8-22(31,21(26)30)7-6-14-4-3-5-15(10-14)19-23-12-18(27(19)2)16-11-17(20(28)29)25-13-24-16/h3-5,10-13,31H,8-9H2,1-2H3,(H,28,29). The summed E-state index contributed by atoms with van der Waals surface area (Å²) in [5.74, 6) is 4.71. The zero-order valence-corrected chi connectivity index (χ0v) is 16.9. The van der Waals surface area contributed by atoms with Crippen LogP contribution in [0.2, 0.25) is 0 Å². The number of nitrogens with zero attached hydrogens (tertiary/aromatic N) is 5. The molecule has 1 aliphatic heterocycles. The number of aromatic carboxylic acids is 1. The smallest absolute Gasteiger partial charge is 0.354 e. The topological polar surface area (TPSA) is 121 Å². The summed E-state index contributed by atoms with van der Waals surface area (Å²) < 4.78 is 1.80.